The van der Waals surface area contributed by atoms with E-state index < -0.39 is 0 Å². The highest BCUT2D eigenvalue weighted by Gasteiger charge is 2.20. The molecule has 1 heterocycles. The van der Waals surface area contributed by atoms with Crippen molar-refractivity contribution >= 4 is 5.97 Å². The molecule has 6 heteroatoms. The lowest BCUT2D eigenvalue weighted by Crippen LogP contribution is -2.41. The lowest BCUT2D eigenvalue weighted by molar-refractivity contribution is -0.146. The molecule has 0 spiro atoms. The van der Waals surface area contributed by atoms with Crippen LogP contribution in [0.25, 0.3) is 0 Å². The number of aromatic nitrogens is 3. The quantitative estimate of drug-likeness (QED) is 0.730. The molecule has 0 saturated heterocycles. The van der Waals surface area contributed by atoms with E-state index in [0.29, 0.717) is 25.5 Å². The second kappa shape index (κ2) is 6.34. The molecule has 17 heavy (non-hydrogen) atoms. The topological polar surface area (TPSA) is 69.0 Å². The fourth-order valence-corrected chi connectivity index (χ4v) is 1.62. The number of likely N-dealkylation sites (N-methyl/N-ethyl adjacent to an activating group) is 1. The SMILES string of the molecule is CCNC(Cn1nc(C)nc1C)C(=O)OCC. The minimum absolute atomic E-state index is 0.248. The molecule has 1 rings (SSSR count). The molecule has 1 unspecified atom stereocenters. The molecule has 0 bridgehead atoms. The zero-order chi connectivity index (χ0) is 12.8. The molecule has 6 nitrogen and oxygen atoms in total. The Bertz CT molecular complexity index is 376. The average Bonchev–Trinajstić information content (AvgIpc) is 2.57. The standard InChI is InChI=1S/C11H20N4O2/c1-5-12-10(11(16)17-6-2)7-15-9(4)13-8(3)14-15/h10,12H,5-7H2,1-4H3. The van der Waals surface area contributed by atoms with E-state index >= 15 is 0 Å². The number of hydrogen-bond acceptors (Lipinski definition) is 5. The molecule has 0 amide bonds. The smallest absolute Gasteiger partial charge is 0.325 e. The normalized spacial score (nSPS) is 12.5. The van der Waals surface area contributed by atoms with Gasteiger partial charge in [0.1, 0.15) is 17.7 Å². The summed E-state index contributed by atoms with van der Waals surface area (Å²) in [5, 5.41) is 7.32. The van der Waals surface area contributed by atoms with E-state index in [1.165, 1.54) is 0 Å². The van der Waals surface area contributed by atoms with Crippen LogP contribution < -0.4 is 5.32 Å². The van der Waals surface area contributed by atoms with Crippen LogP contribution >= 0.6 is 0 Å². The van der Waals surface area contributed by atoms with Gasteiger partial charge in [0.25, 0.3) is 0 Å². The Labute approximate surface area is 101 Å². The van der Waals surface area contributed by atoms with Gasteiger partial charge in [-0.2, -0.15) is 5.10 Å². The number of carbonyl (C=O) groups is 1. The Hall–Kier alpha value is -1.43. The highest BCUT2D eigenvalue weighted by Crippen LogP contribution is 2.00. The zero-order valence-corrected chi connectivity index (χ0v) is 10.9. The molecule has 0 radical (unpaired) electrons. The van der Waals surface area contributed by atoms with Crippen molar-refractivity contribution in [3.05, 3.63) is 11.6 Å². The minimum atomic E-state index is -0.375. The van der Waals surface area contributed by atoms with Gasteiger partial charge in [-0.3, -0.25) is 4.79 Å². The van der Waals surface area contributed by atoms with Crippen molar-refractivity contribution < 1.29 is 9.53 Å². The first-order valence-electron chi connectivity index (χ1n) is 5.86. The summed E-state index contributed by atoms with van der Waals surface area (Å²) in [6, 6.07) is -0.375. The molecule has 0 aliphatic rings. The Balaban J connectivity index is 2.72. The Morgan fingerprint density at radius 1 is 1.47 bits per heavy atom. The molecule has 1 aromatic heterocycles. The monoisotopic (exact) mass is 240 g/mol. The number of nitrogens with zero attached hydrogens (tertiary/aromatic N) is 3. The highest BCUT2D eigenvalue weighted by atomic mass is 16.5. The van der Waals surface area contributed by atoms with Crippen LogP contribution in [0.2, 0.25) is 0 Å². The van der Waals surface area contributed by atoms with Crippen molar-refractivity contribution in [1.82, 2.24) is 20.1 Å². The van der Waals surface area contributed by atoms with Crippen molar-refractivity contribution in [2.75, 3.05) is 13.2 Å². The molecule has 1 aromatic rings. The molecule has 0 aromatic carbocycles. The van der Waals surface area contributed by atoms with Crippen molar-refractivity contribution in [1.29, 1.82) is 0 Å². The summed E-state index contributed by atoms with van der Waals surface area (Å²) in [5.74, 6) is 1.26. The van der Waals surface area contributed by atoms with Gasteiger partial charge in [-0.1, -0.05) is 6.92 Å². The van der Waals surface area contributed by atoms with Crippen LogP contribution in [0.1, 0.15) is 25.5 Å². The van der Waals surface area contributed by atoms with Crippen molar-refractivity contribution in [2.24, 2.45) is 0 Å². The van der Waals surface area contributed by atoms with Crippen LogP contribution in [0.3, 0.4) is 0 Å². The van der Waals surface area contributed by atoms with Crippen molar-refractivity contribution in [3.8, 4) is 0 Å². The molecule has 96 valence electrons. The van der Waals surface area contributed by atoms with Gasteiger partial charge in [-0.25, -0.2) is 9.67 Å². The van der Waals surface area contributed by atoms with Crippen LogP contribution in [0.4, 0.5) is 0 Å². The van der Waals surface area contributed by atoms with Gasteiger partial charge >= 0.3 is 5.97 Å². The molecule has 0 aliphatic heterocycles. The van der Waals surface area contributed by atoms with E-state index in [1.54, 1.807) is 11.6 Å². The number of esters is 1. The predicted octanol–water partition coefficient (Wildman–Crippen LogP) is 0.436. The summed E-state index contributed by atoms with van der Waals surface area (Å²) < 4.78 is 6.73. The van der Waals surface area contributed by atoms with Gasteiger partial charge in [-0.15, -0.1) is 0 Å². The number of hydrogen-bond donors (Lipinski definition) is 1. The van der Waals surface area contributed by atoms with E-state index in [9.17, 15) is 4.79 Å². The first-order valence-corrected chi connectivity index (χ1v) is 5.86. The average molecular weight is 240 g/mol. The number of carbonyl (C=O) groups excluding carboxylic acids is 1. The first-order chi connectivity index (χ1) is 8.08. The summed E-state index contributed by atoms with van der Waals surface area (Å²) in [6.45, 7) is 8.98. The van der Waals surface area contributed by atoms with Crippen LogP contribution in [0.5, 0.6) is 0 Å². The van der Waals surface area contributed by atoms with Gasteiger partial charge in [0.15, 0.2) is 0 Å². The molecule has 0 saturated carbocycles. The predicted molar refractivity (Wildman–Crippen MR) is 63.6 cm³/mol. The maximum atomic E-state index is 11.7. The molecular formula is C11H20N4O2. The summed E-state index contributed by atoms with van der Waals surface area (Å²) >= 11 is 0. The van der Waals surface area contributed by atoms with E-state index in [2.05, 4.69) is 15.4 Å². The van der Waals surface area contributed by atoms with E-state index in [-0.39, 0.29) is 12.0 Å². The first kappa shape index (κ1) is 13.6. The third kappa shape index (κ3) is 3.81. The fraction of sp³-hybridized carbons (Fsp3) is 0.727. The van der Waals surface area contributed by atoms with E-state index in [1.807, 2.05) is 20.8 Å². The molecule has 0 aliphatic carbocycles. The Kier molecular flexibility index (Phi) is 5.09. The second-order valence-electron chi connectivity index (χ2n) is 3.75. The third-order valence-corrected chi connectivity index (χ3v) is 2.34. The minimum Gasteiger partial charge on any atom is -0.465 e. The van der Waals surface area contributed by atoms with Crippen molar-refractivity contribution in [2.45, 2.75) is 40.3 Å². The van der Waals surface area contributed by atoms with E-state index in [4.69, 9.17) is 4.74 Å². The van der Waals surface area contributed by atoms with Gasteiger partial charge in [0, 0.05) is 0 Å². The van der Waals surface area contributed by atoms with Gasteiger partial charge in [0.2, 0.25) is 0 Å². The number of rotatable bonds is 6. The maximum absolute atomic E-state index is 11.7. The Morgan fingerprint density at radius 2 is 2.18 bits per heavy atom. The van der Waals surface area contributed by atoms with Crippen molar-refractivity contribution in [3.63, 3.8) is 0 Å². The van der Waals surface area contributed by atoms with Gasteiger partial charge in [0.05, 0.1) is 13.2 Å². The van der Waals surface area contributed by atoms with Crippen LogP contribution in [-0.2, 0) is 16.1 Å². The molecule has 1 N–H and O–H groups in total. The molecule has 1 atom stereocenters. The Morgan fingerprint density at radius 3 is 2.65 bits per heavy atom. The fourth-order valence-electron chi connectivity index (χ4n) is 1.62. The summed E-state index contributed by atoms with van der Waals surface area (Å²) in [6.07, 6.45) is 0. The highest BCUT2D eigenvalue weighted by molar-refractivity contribution is 5.75. The van der Waals surface area contributed by atoms with E-state index in [0.717, 1.165) is 5.82 Å². The second-order valence-corrected chi connectivity index (χ2v) is 3.75. The maximum Gasteiger partial charge on any atom is 0.325 e. The largest absolute Gasteiger partial charge is 0.465 e. The zero-order valence-electron chi connectivity index (χ0n) is 10.9. The summed E-state index contributed by atoms with van der Waals surface area (Å²) in [5.41, 5.74) is 0. The lowest BCUT2D eigenvalue weighted by Gasteiger charge is -2.16. The lowest BCUT2D eigenvalue weighted by atomic mass is 10.3. The van der Waals surface area contributed by atoms with Crippen LogP contribution in [-0.4, -0.2) is 39.9 Å². The third-order valence-electron chi connectivity index (χ3n) is 2.34. The van der Waals surface area contributed by atoms with Crippen LogP contribution in [0, 0.1) is 13.8 Å². The van der Waals surface area contributed by atoms with Gasteiger partial charge < -0.3 is 10.1 Å². The van der Waals surface area contributed by atoms with Gasteiger partial charge in [-0.05, 0) is 27.3 Å². The summed E-state index contributed by atoms with van der Waals surface area (Å²) in [7, 11) is 0. The van der Waals surface area contributed by atoms with Crippen LogP contribution in [0.15, 0.2) is 0 Å². The molecular weight excluding hydrogens is 220 g/mol. The number of nitrogens with one attached hydrogen (secondary N) is 1. The summed E-state index contributed by atoms with van der Waals surface area (Å²) in [4.78, 5) is 15.9. The number of aryl methyl sites for hydroxylation is 2. The molecule has 0 fully saturated rings. The number of ether oxygens (including phenoxy) is 1.